The molecule has 1 aliphatic carbocycles. The SMILES string of the molecule is CCCCC(CC)(CN)N(C)C1CCC(CC)CC1. The molecule has 0 amide bonds. The van der Waals surface area contributed by atoms with Crippen molar-refractivity contribution in [2.24, 2.45) is 11.7 Å². The predicted octanol–water partition coefficient (Wildman–Crippen LogP) is 4.18. The first-order valence-electron chi connectivity index (χ1n) is 8.56. The van der Waals surface area contributed by atoms with E-state index in [0.717, 1.165) is 18.5 Å². The Kier molecular flexibility index (Phi) is 7.38. The van der Waals surface area contributed by atoms with Gasteiger partial charge in [-0.1, -0.05) is 40.0 Å². The fourth-order valence-corrected chi connectivity index (χ4v) is 3.83. The minimum atomic E-state index is 0.250. The molecule has 1 fully saturated rings. The summed E-state index contributed by atoms with van der Waals surface area (Å²) >= 11 is 0. The molecule has 0 heterocycles. The summed E-state index contributed by atoms with van der Waals surface area (Å²) in [4.78, 5) is 2.66. The normalized spacial score (nSPS) is 27.5. The van der Waals surface area contributed by atoms with Crippen LogP contribution < -0.4 is 5.73 Å². The summed E-state index contributed by atoms with van der Waals surface area (Å²) in [6.45, 7) is 7.75. The highest BCUT2D eigenvalue weighted by molar-refractivity contribution is 4.93. The number of hydrogen-bond acceptors (Lipinski definition) is 2. The Labute approximate surface area is 121 Å². The van der Waals surface area contributed by atoms with Crippen LogP contribution in [-0.2, 0) is 0 Å². The number of unbranched alkanes of at least 4 members (excludes halogenated alkanes) is 1. The second kappa shape index (κ2) is 8.26. The highest BCUT2D eigenvalue weighted by Crippen LogP contribution is 2.34. The maximum Gasteiger partial charge on any atom is 0.0329 e. The number of nitrogens with zero attached hydrogens (tertiary/aromatic N) is 1. The first kappa shape index (κ1) is 17.0. The van der Waals surface area contributed by atoms with Gasteiger partial charge in [0.05, 0.1) is 0 Å². The van der Waals surface area contributed by atoms with Crippen molar-refractivity contribution in [3.63, 3.8) is 0 Å². The van der Waals surface area contributed by atoms with Crippen molar-refractivity contribution >= 4 is 0 Å². The Morgan fingerprint density at radius 1 is 1.11 bits per heavy atom. The molecule has 1 aliphatic rings. The summed E-state index contributed by atoms with van der Waals surface area (Å²) in [5.74, 6) is 0.981. The predicted molar refractivity (Wildman–Crippen MR) is 85.4 cm³/mol. The van der Waals surface area contributed by atoms with Crippen LogP contribution in [0.15, 0.2) is 0 Å². The minimum absolute atomic E-state index is 0.250. The lowest BCUT2D eigenvalue weighted by Gasteiger charge is -2.47. The van der Waals surface area contributed by atoms with Gasteiger partial charge in [0.1, 0.15) is 0 Å². The van der Waals surface area contributed by atoms with Gasteiger partial charge in [-0.2, -0.15) is 0 Å². The van der Waals surface area contributed by atoms with Crippen LogP contribution >= 0.6 is 0 Å². The molecule has 0 aromatic heterocycles. The molecule has 2 N–H and O–H groups in total. The molecule has 19 heavy (non-hydrogen) atoms. The number of likely N-dealkylation sites (N-methyl/N-ethyl adjacent to an activating group) is 1. The van der Waals surface area contributed by atoms with Crippen LogP contribution in [0.25, 0.3) is 0 Å². The monoisotopic (exact) mass is 268 g/mol. The van der Waals surface area contributed by atoms with Crippen LogP contribution in [0.4, 0.5) is 0 Å². The maximum absolute atomic E-state index is 6.18. The average molecular weight is 268 g/mol. The van der Waals surface area contributed by atoms with E-state index in [-0.39, 0.29) is 5.54 Å². The summed E-state index contributed by atoms with van der Waals surface area (Å²) in [6.07, 6.45) is 12.0. The van der Waals surface area contributed by atoms with Crippen molar-refractivity contribution in [1.82, 2.24) is 4.90 Å². The van der Waals surface area contributed by atoms with Gasteiger partial charge in [-0.05, 0) is 51.5 Å². The van der Waals surface area contributed by atoms with Crippen molar-refractivity contribution in [2.75, 3.05) is 13.6 Å². The molecular weight excluding hydrogens is 232 g/mol. The van der Waals surface area contributed by atoms with E-state index >= 15 is 0 Å². The summed E-state index contributed by atoms with van der Waals surface area (Å²) in [5.41, 5.74) is 6.43. The van der Waals surface area contributed by atoms with E-state index in [1.807, 2.05) is 0 Å². The van der Waals surface area contributed by atoms with Gasteiger partial charge in [-0.25, -0.2) is 0 Å². The summed E-state index contributed by atoms with van der Waals surface area (Å²) in [7, 11) is 2.34. The summed E-state index contributed by atoms with van der Waals surface area (Å²) < 4.78 is 0. The zero-order chi connectivity index (χ0) is 14.3. The third-order valence-electron chi connectivity index (χ3n) is 5.72. The van der Waals surface area contributed by atoms with Crippen LogP contribution in [0.3, 0.4) is 0 Å². The zero-order valence-electron chi connectivity index (χ0n) is 13.8. The molecule has 0 radical (unpaired) electrons. The third-order valence-corrected chi connectivity index (χ3v) is 5.72. The topological polar surface area (TPSA) is 29.3 Å². The first-order chi connectivity index (χ1) is 9.13. The van der Waals surface area contributed by atoms with E-state index < -0.39 is 0 Å². The highest BCUT2D eigenvalue weighted by Gasteiger charge is 2.36. The Bertz CT molecular complexity index is 227. The molecule has 0 spiro atoms. The highest BCUT2D eigenvalue weighted by atomic mass is 15.2. The average Bonchev–Trinajstić information content (AvgIpc) is 2.48. The molecule has 2 heteroatoms. The van der Waals surface area contributed by atoms with Gasteiger partial charge in [0, 0.05) is 18.1 Å². The molecule has 0 aromatic carbocycles. The van der Waals surface area contributed by atoms with Gasteiger partial charge in [-0.15, -0.1) is 0 Å². The molecule has 0 bridgehead atoms. The molecule has 0 saturated heterocycles. The van der Waals surface area contributed by atoms with E-state index in [9.17, 15) is 0 Å². The van der Waals surface area contributed by atoms with Crippen molar-refractivity contribution in [3.8, 4) is 0 Å². The second-order valence-electron chi connectivity index (χ2n) is 6.58. The van der Waals surface area contributed by atoms with E-state index in [2.05, 4.69) is 32.7 Å². The number of nitrogens with two attached hydrogens (primary N) is 1. The molecule has 0 aliphatic heterocycles. The van der Waals surface area contributed by atoms with Gasteiger partial charge >= 0.3 is 0 Å². The smallest absolute Gasteiger partial charge is 0.0329 e. The van der Waals surface area contributed by atoms with E-state index in [0.29, 0.717) is 0 Å². The zero-order valence-corrected chi connectivity index (χ0v) is 13.8. The van der Waals surface area contributed by atoms with Crippen LogP contribution in [0.5, 0.6) is 0 Å². The lowest BCUT2D eigenvalue weighted by Crippen LogP contribution is -2.56. The van der Waals surface area contributed by atoms with Gasteiger partial charge in [-0.3, -0.25) is 4.90 Å². The van der Waals surface area contributed by atoms with Gasteiger partial charge < -0.3 is 5.73 Å². The molecule has 1 rings (SSSR count). The molecule has 0 aromatic rings. The largest absolute Gasteiger partial charge is 0.329 e. The fourth-order valence-electron chi connectivity index (χ4n) is 3.83. The fraction of sp³-hybridized carbons (Fsp3) is 1.00. The first-order valence-corrected chi connectivity index (χ1v) is 8.56. The molecule has 114 valence electrons. The summed E-state index contributed by atoms with van der Waals surface area (Å²) in [6, 6.07) is 0.767. The van der Waals surface area contributed by atoms with Crippen LogP contribution in [0.1, 0.15) is 78.6 Å². The van der Waals surface area contributed by atoms with E-state index in [4.69, 9.17) is 5.73 Å². The van der Waals surface area contributed by atoms with E-state index in [1.54, 1.807) is 0 Å². The summed E-state index contributed by atoms with van der Waals surface area (Å²) in [5, 5.41) is 0. The minimum Gasteiger partial charge on any atom is -0.329 e. The quantitative estimate of drug-likeness (QED) is 0.715. The Morgan fingerprint density at radius 3 is 2.16 bits per heavy atom. The van der Waals surface area contributed by atoms with Crippen molar-refractivity contribution < 1.29 is 0 Å². The Morgan fingerprint density at radius 2 is 1.74 bits per heavy atom. The van der Waals surface area contributed by atoms with Crippen molar-refractivity contribution in [3.05, 3.63) is 0 Å². The van der Waals surface area contributed by atoms with Crippen LogP contribution in [-0.4, -0.2) is 30.1 Å². The maximum atomic E-state index is 6.18. The molecule has 1 atom stereocenters. The molecule has 2 nitrogen and oxygen atoms in total. The van der Waals surface area contributed by atoms with Gasteiger partial charge in [0.25, 0.3) is 0 Å². The Balaban J connectivity index is 2.63. The van der Waals surface area contributed by atoms with Gasteiger partial charge in [0.15, 0.2) is 0 Å². The number of hydrogen-bond donors (Lipinski definition) is 1. The molecule has 1 unspecified atom stereocenters. The van der Waals surface area contributed by atoms with Gasteiger partial charge in [0.2, 0.25) is 0 Å². The van der Waals surface area contributed by atoms with Crippen LogP contribution in [0, 0.1) is 5.92 Å². The molecular formula is C17H36N2. The van der Waals surface area contributed by atoms with E-state index in [1.165, 1.54) is 57.8 Å². The second-order valence-corrected chi connectivity index (χ2v) is 6.58. The standard InChI is InChI=1S/C17H36N2/c1-5-8-13-17(7-3,14-18)19(4)16-11-9-15(6-2)10-12-16/h15-16H,5-14,18H2,1-4H3. The number of rotatable bonds is 8. The lowest BCUT2D eigenvalue weighted by atomic mass is 9.80. The third kappa shape index (κ3) is 4.19. The molecule has 1 saturated carbocycles. The van der Waals surface area contributed by atoms with Crippen molar-refractivity contribution in [2.45, 2.75) is 90.1 Å². The van der Waals surface area contributed by atoms with Crippen molar-refractivity contribution in [1.29, 1.82) is 0 Å². The van der Waals surface area contributed by atoms with Crippen LogP contribution in [0.2, 0.25) is 0 Å². The Hall–Kier alpha value is -0.0800. The lowest BCUT2D eigenvalue weighted by molar-refractivity contribution is 0.0374.